The van der Waals surface area contributed by atoms with Crippen LogP contribution in [-0.4, -0.2) is 61.4 Å². The number of ether oxygens (including phenoxy) is 5. The van der Waals surface area contributed by atoms with Crippen molar-refractivity contribution in [3.05, 3.63) is 90.4 Å². The van der Waals surface area contributed by atoms with Crippen LogP contribution >= 0.6 is 0 Å². The molecular formula is C34H24O14. The molecule has 48 heavy (non-hydrogen) atoms. The van der Waals surface area contributed by atoms with Gasteiger partial charge in [-0.1, -0.05) is 0 Å². The van der Waals surface area contributed by atoms with Gasteiger partial charge in [0, 0.05) is 31.4 Å². The van der Waals surface area contributed by atoms with Gasteiger partial charge in [-0.05, 0) is 43.0 Å². The van der Waals surface area contributed by atoms with Gasteiger partial charge in [-0.15, -0.1) is 0 Å². The minimum absolute atomic E-state index is 0.102. The summed E-state index contributed by atoms with van der Waals surface area (Å²) in [6.07, 6.45) is -0.489. The average Bonchev–Trinajstić information content (AvgIpc) is 2.99. The molecule has 3 aliphatic rings. The molecule has 2 aromatic carbocycles. The van der Waals surface area contributed by atoms with Crippen LogP contribution < -0.4 is 15.1 Å². The molecule has 0 radical (unpaired) electrons. The topological polar surface area (TPSA) is 196 Å². The lowest BCUT2D eigenvalue weighted by molar-refractivity contribution is -0.132. The maximum Gasteiger partial charge on any atom is 0.347 e. The Balaban J connectivity index is 1.68. The van der Waals surface area contributed by atoms with Crippen molar-refractivity contribution in [2.24, 2.45) is 0 Å². The predicted octanol–water partition coefficient (Wildman–Crippen LogP) is 3.31. The van der Waals surface area contributed by atoms with E-state index in [-0.39, 0.29) is 45.2 Å². The highest BCUT2D eigenvalue weighted by Crippen LogP contribution is 2.45. The number of methoxy groups -OCH3 is 2. The van der Waals surface area contributed by atoms with Gasteiger partial charge in [0.25, 0.3) is 0 Å². The van der Waals surface area contributed by atoms with Crippen molar-refractivity contribution in [2.45, 2.75) is 40.2 Å². The molecule has 0 N–H and O–H groups in total. The van der Waals surface area contributed by atoms with E-state index >= 15 is 0 Å². The molecule has 244 valence electrons. The van der Waals surface area contributed by atoms with E-state index in [1.165, 1.54) is 25.1 Å². The number of hydrogen-bond acceptors (Lipinski definition) is 14. The van der Waals surface area contributed by atoms with Gasteiger partial charge in [-0.25, -0.2) is 9.59 Å². The lowest BCUT2D eigenvalue weighted by Gasteiger charge is -2.29. The molecular weight excluding hydrogens is 632 g/mol. The number of aryl methyl sites for hydroxylation is 1. The molecule has 0 saturated carbocycles. The van der Waals surface area contributed by atoms with Crippen molar-refractivity contribution in [2.75, 3.05) is 14.2 Å². The first-order valence-electron chi connectivity index (χ1n) is 14.3. The highest BCUT2D eigenvalue weighted by atomic mass is 16.6. The van der Waals surface area contributed by atoms with Crippen LogP contribution in [0.1, 0.15) is 83.9 Å². The molecule has 1 unspecified atom stereocenters. The van der Waals surface area contributed by atoms with Crippen LogP contribution in [0.3, 0.4) is 0 Å². The number of allylic oxidation sites excluding steroid dienone is 4. The van der Waals surface area contributed by atoms with Crippen molar-refractivity contribution in [1.29, 1.82) is 0 Å². The first kappa shape index (κ1) is 31.8. The molecule has 2 heterocycles. The molecule has 0 bridgehead atoms. The van der Waals surface area contributed by atoms with Crippen molar-refractivity contribution in [3.8, 4) is 11.5 Å². The average molecular weight is 657 g/mol. The maximum atomic E-state index is 14.5. The van der Waals surface area contributed by atoms with Crippen LogP contribution in [0.25, 0.3) is 10.8 Å². The summed E-state index contributed by atoms with van der Waals surface area (Å²) in [6.45, 7) is 5.10. The second kappa shape index (κ2) is 11.3. The Labute approximate surface area is 269 Å². The Bertz CT molecular complexity index is 2240. The molecule has 3 aromatic rings. The number of benzene rings is 2. The second-order valence-electron chi connectivity index (χ2n) is 11.1. The fraction of sp³-hybridized carbons (Fsp3) is 0.235. The molecule has 2 aliphatic carbocycles. The van der Waals surface area contributed by atoms with Crippen molar-refractivity contribution in [3.63, 3.8) is 0 Å². The number of ketones is 4. The molecule has 1 atom stereocenters. The van der Waals surface area contributed by atoms with Crippen LogP contribution in [0.5, 0.6) is 11.5 Å². The Morgan fingerprint density at radius 3 is 1.79 bits per heavy atom. The predicted molar refractivity (Wildman–Crippen MR) is 160 cm³/mol. The number of esters is 3. The first-order valence-corrected chi connectivity index (χ1v) is 14.3. The third-order valence-electron chi connectivity index (χ3n) is 7.93. The molecule has 6 rings (SSSR count). The van der Waals surface area contributed by atoms with Crippen LogP contribution in [0.4, 0.5) is 0 Å². The maximum absolute atomic E-state index is 14.5. The minimum Gasteiger partial charge on any atom is -0.492 e. The van der Waals surface area contributed by atoms with Crippen LogP contribution in [0, 0.1) is 6.92 Å². The highest BCUT2D eigenvalue weighted by Gasteiger charge is 2.48. The summed E-state index contributed by atoms with van der Waals surface area (Å²) in [5.41, 5.74) is -4.34. The van der Waals surface area contributed by atoms with Crippen molar-refractivity contribution < 1.29 is 61.7 Å². The fourth-order valence-corrected chi connectivity index (χ4v) is 6.21. The van der Waals surface area contributed by atoms with E-state index in [9.17, 15) is 38.4 Å². The number of rotatable bonds is 5. The summed E-state index contributed by atoms with van der Waals surface area (Å²) in [5, 5.41) is -0.241. The third kappa shape index (κ3) is 4.63. The Kier molecular flexibility index (Phi) is 7.46. The van der Waals surface area contributed by atoms with Crippen molar-refractivity contribution in [1.82, 2.24) is 0 Å². The standard InChI is InChI=1S/C34H24O14/c1-11-7-15-9-17-21(29(47-13(3)35)19(15)33(41)45-11)27(39)23(31(43-5)25(17)37)24-28(40)22-18(26(38)32(24)44-6)10-16-8-12(2)46-34(42)20(16)30(22)48-14(4)36/h7,9-10,12H,8H2,1-6H3. The SMILES string of the molecule is COC1=C(C2=C(OC)C(=O)c3cc4cc(C)oc(=O)c4c(OC(C)=O)c3C2=O)C(=O)c2c(cc3c(c2OC(C)=O)C(=O)OC(C)C3)C1=O. The number of carbonyl (C=O) groups excluding carboxylic acids is 7. The van der Waals surface area contributed by atoms with E-state index in [1.807, 2.05) is 0 Å². The molecule has 0 saturated heterocycles. The van der Waals surface area contributed by atoms with Crippen molar-refractivity contribution >= 4 is 51.8 Å². The van der Waals surface area contributed by atoms with E-state index in [2.05, 4.69) is 0 Å². The Hall–Kier alpha value is -6.18. The zero-order valence-corrected chi connectivity index (χ0v) is 26.2. The zero-order chi connectivity index (χ0) is 34.9. The third-order valence-corrected chi connectivity index (χ3v) is 7.93. The number of fused-ring (bicyclic) bond motifs is 4. The molecule has 0 amide bonds. The van der Waals surface area contributed by atoms with Crippen LogP contribution in [0.2, 0.25) is 0 Å². The summed E-state index contributed by atoms with van der Waals surface area (Å²) in [4.78, 5) is 108. The molecule has 14 nitrogen and oxygen atoms in total. The van der Waals surface area contributed by atoms with Gasteiger partial charge in [-0.2, -0.15) is 0 Å². The first-order chi connectivity index (χ1) is 22.7. The van der Waals surface area contributed by atoms with Gasteiger partial charge in [0.2, 0.25) is 23.1 Å². The smallest absolute Gasteiger partial charge is 0.347 e. The lowest BCUT2D eigenvalue weighted by Crippen LogP contribution is -2.34. The fourth-order valence-electron chi connectivity index (χ4n) is 6.21. The molecule has 14 heteroatoms. The summed E-state index contributed by atoms with van der Waals surface area (Å²) in [6, 6.07) is 3.89. The number of hydrogen-bond donors (Lipinski definition) is 0. The monoisotopic (exact) mass is 656 g/mol. The summed E-state index contributed by atoms with van der Waals surface area (Å²) in [5.74, 6) is -9.45. The zero-order valence-electron chi connectivity index (χ0n) is 26.2. The van der Waals surface area contributed by atoms with Crippen LogP contribution in [-0.2, 0) is 30.2 Å². The molecule has 1 aliphatic heterocycles. The summed E-state index contributed by atoms with van der Waals surface area (Å²) >= 11 is 0. The number of carbonyl (C=O) groups is 7. The lowest BCUT2D eigenvalue weighted by atomic mass is 9.76. The largest absolute Gasteiger partial charge is 0.492 e. The number of cyclic esters (lactones) is 1. The summed E-state index contributed by atoms with van der Waals surface area (Å²) < 4.78 is 31.9. The van der Waals surface area contributed by atoms with E-state index < -0.39 is 98.1 Å². The number of Topliss-reactive ketones (excluding diaryl/α,β-unsaturated/α-hetero) is 4. The quantitative estimate of drug-likeness (QED) is 0.286. The molecule has 1 aromatic heterocycles. The molecule has 0 fully saturated rings. The van der Waals surface area contributed by atoms with Crippen LogP contribution in [0.15, 0.2) is 50.1 Å². The van der Waals surface area contributed by atoms with E-state index in [0.717, 1.165) is 28.1 Å². The highest BCUT2D eigenvalue weighted by molar-refractivity contribution is 6.38. The van der Waals surface area contributed by atoms with Gasteiger partial charge in [-0.3, -0.25) is 28.8 Å². The van der Waals surface area contributed by atoms with E-state index in [0.29, 0.717) is 0 Å². The van der Waals surface area contributed by atoms with Gasteiger partial charge in [0.15, 0.2) is 23.0 Å². The van der Waals surface area contributed by atoms with Gasteiger partial charge in [0.05, 0.1) is 36.5 Å². The Morgan fingerprint density at radius 2 is 1.25 bits per heavy atom. The van der Waals surface area contributed by atoms with Gasteiger partial charge >= 0.3 is 23.5 Å². The van der Waals surface area contributed by atoms with Gasteiger partial charge < -0.3 is 28.1 Å². The Morgan fingerprint density at radius 1 is 0.729 bits per heavy atom. The minimum atomic E-state index is -1.16. The van der Waals surface area contributed by atoms with Gasteiger partial charge in [0.1, 0.15) is 22.8 Å². The molecule has 0 spiro atoms. The second-order valence-corrected chi connectivity index (χ2v) is 11.1. The van der Waals surface area contributed by atoms with E-state index in [1.54, 1.807) is 6.92 Å². The summed E-state index contributed by atoms with van der Waals surface area (Å²) in [7, 11) is 2.10. The van der Waals surface area contributed by atoms with E-state index in [4.69, 9.17) is 28.1 Å². The normalized spacial score (nSPS) is 17.1.